The minimum absolute atomic E-state index is 0.0547. The molecule has 0 spiro atoms. The van der Waals surface area contributed by atoms with E-state index in [2.05, 4.69) is 20.6 Å². The molecule has 0 aliphatic rings. The monoisotopic (exact) mass is 426 g/mol. The van der Waals surface area contributed by atoms with Crippen LogP contribution in [0.4, 0.5) is 25.0 Å². The van der Waals surface area contributed by atoms with Gasteiger partial charge in [0.05, 0.1) is 16.1 Å². The number of carbonyl (C=O) groups excluding carboxylic acids is 1. The summed E-state index contributed by atoms with van der Waals surface area (Å²) in [6.07, 6.45) is 3.11. The summed E-state index contributed by atoms with van der Waals surface area (Å²) < 4.78 is 33.3. The Morgan fingerprint density at radius 2 is 1.53 bits per heavy atom. The van der Waals surface area contributed by atoms with Crippen molar-refractivity contribution in [1.29, 1.82) is 0 Å². The molecule has 2 amide bonds. The number of halogens is 3. The van der Waals surface area contributed by atoms with Crippen LogP contribution in [0.15, 0.2) is 67.0 Å². The van der Waals surface area contributed by atoms with Crippen LogP contribution in [0.5, 0.6) is 11.5 Å². The third-order valence-electron chi connectivity index (χ3n) is 4.04. The summed E-state index contributed by atoms with van der Waals surface area (Å²) in [5.74, 6) is -0.999. The molecular formula is C21H13ClF2N4O2. The Balaban J connectivity index is 1.49. The second kappa shape index (κ2) is 8.30. The maximum absolute atomic E-state index is 14.2. The molecule has 2 N–H and O–H groups in total. The molecule has 1 heterocycles. The van der Waals surface area contributed by atoms with Gasteiger partial charge in [0.2, 0.25) is 0 Å². The first kappa shape index (κ1) is 19.5. The van der Waals surface area contributed by atoms with Crippen molar-refractivity contribution in [2.45, 2.75) is 0 Å². The maximum Gasteiger partial charge on any atom is 0.323 e. The van der Waals surface area contributed by atoms with Gasteiger partial charge >= 0.3 is 6.03 Å². The van der Waals surface area contributed by atoms with Crippen LogP contribution >= 0.6 is 11.6 Å². The highest BCUT2D eigenvalue weighted by molar-refractivity contribution is 6.30. The predicted octanol–water partition coefficient (Wildman–Crippen LogP) is 6.00. The lowest BCUT2D eigenvalue weighted by molar-refractivity contribution is 0.262. The van der Waals surface area contributed by atoms with Gasteiger partial charge < -0.3 is 15.4 Å². The lowest BCUT2D eigenvalue weighted by Crippen LogP contribution is -2.19. The van der Waals surface area contributed by atoms with Crippen LogP contribution in [-0.2, 0) is 0 Å². The van der Waals surface area contributed by atoms with Crippen LogP contribution in [-0.4, -0.2) is 16.0 Å². The highest BCUT2D eigenvalue weighted by atomic mass is 35.5. The first-order chi connectivity index (χ1) is 14.5. The van der Waals surface area contributed by atoms with E-state index in [1.165, 1.54) is 24.3 Å². The highest BCUT2D eigenvalue weighted by Crippen LogP contribution is 2.29. The van der Waals surface area contributed by atoms with Crippen molar-refractivity contribution >= 4 is 40.0 Å². The summed E-state index contributed by atoms with van der Waals surface area (Å²) in [4.78, 5) is 20.5. The summed E-state index contributed by atoms with van der Waals surface area (Å²) in [5.41, 5.74) is 1.76. The zero-order valence-corrected chi connectivity index (χ0v) is 16.0. The van der Waals surface area contributed by atoms with Gasteiger partial charge in [0.25, 0.3) is 0 Å². The Kier molecular flexibility index (Phi) is 5.40. The number of ether oxygens (including phenoxy) is 1. The van der Waals surface area contributed by atoms with Crippen LogP contribution in [0.2, 0.25) is 5.02 Å². The molecule has 0 atom stereocenters. The van der Waals surface area contributed by atoms with Gasteiger partial charge in [0.1, 0.15) is 11.6 Å². The zero-order valence-electron chi connectivity index (χ0n) is 15.2. The number of benzene rings is 3. The molecule has 6 nitrogen and oxygen atoms in total. The number of fused-ring (bicyclic) bond motifs is 1. The minimum Gasteiger partial charge on any atom is -0.454 e. The molecule has 4 rings (SSSR count). The predicted molar refractivity (Wildman–Crippen MR) is 110 cm³/mol. The largest absolute Gasteiger partial charge is 0.454 e. The second-order valence-corrected chi connectivity index (χ2v) is 6.57. The number of hydrogen-bond acceptors (Lipinski definition) is 4. The lowest BCUT2D eigenvalue weighted by atomic mass is 10.2. The van der Waals surface area contributed by atoms with E-state index < -0.39 is 17.7 Å². The fourth-order valence-electron chi connectivity index (χ4n) is 2.66. The van der Waals surface area contributed by atoms with Crippen molar-refractivity contribution in [3.05, 3.63) is 83.6 Å². The van der Waals surface area contributed by atoms with E-state index in [0.29, 0.717) is 16.8 Å². The molecule has 9 heteroatoms. The van der Waals surface area contributed by atoms with Gasteiger partial charge in [0.15, 0.2) is 11.6 Å². The third kappa shape index (κ3) is 4.44. The zero-order chi connectivity index (χ0) is 21.1. The average molecular weight is 427 g/mol. The number of amides is 2. The average Bonchev–Trinajstić information content (AvgIpc) is 2.73. The molecule has 0 fully saturated rings. The van der Waals surface area contributed by atoms with E-state index >= 15 is 0 Å². The number of aromatic nitrogens is 2. The van der Waals surface area contributed by atoms with Gasteiger partial charge in [-0.2, -0.15) is 0 Å². The molecule has 3 aromatic carbocycles. The smallest absolute Gasteiger partial charge is 0.323 e. The van der Waals surface area contributed by atoms with E-state index in [0.717, 1.165) is 12.1 Å². The number of urea groups is 1. The van der Waals surface area contributed by atoms with Crippen LogP contribution < -0.4 is 15.4 Å². The molecule has 0 unspecified atom stereocenters. The molecule has 0 saturated heterocycles. The number of rotatable bonds is 4. The van der Waals surface area contributed by atoms with Crippen molar-refractivity contribution < 1.29 is 18.3 Å². The maximum atomic E-state index is 14.2. The molecular weight excluding hydrogens is 414 g/mol. The van der Waals surface area contributed by atoms with Crippen molar-refractivity contribution in [2.24, 2.45) is 0 Å². The van der Waals surface area contributed by atoms with Gasteiger partial charge in [-0.25, -0.2) is 13.6 Å². The van der Waals surface area contributed by atoms with Gasteiger partial charge in [0, 0.05) is 35.9 Å². The van der Waals surface area contributed by atoms with Crippen molar-refractivity contribution in [1.82, 2.24) is 9.97 Å². The fourth-order valence-corrected chi connectivity index (χ4v) is 2.78. The van der Waals surface area contributed by atoms with E-state index in [-0.39, 0.29) is 22.1 Å². The number of nitrogens with zero attached hydrogens (tertiary/aromatic N) is 2. The fraction of sp³-hybridized carbons (Fsp3) is 0. The number of nitrogens with one attached hydrogen (secondary N) is 2. The first-order valence-corrected chi connectivity index (χ1v) is 9.07. The number of carbonyl (C=O) groups is 1. The van der Waals surface area contributed by atoms with E-state index in [1.54, 1.807) is 30.6 Å². The van der Waals surface area contributed by atoms with Gasteiger partial charge in [-0.05, 0) is 42.5 Å². The first-order valence-electron chi connectivity index (χ1n) is 8.69. The Morgan fingerprint density at radius 3 is 2.30 bits per heavy atom. The second-order valence-electron chi connectivity index (χ2n) is 6.16. The molecule has 4 aromatic rings. The standard InChI is InChI=1S/C21H13ClF2N4O2/c22-15-4-1-12(9-17(15)24)27-21(29)28-13-2-5-16(23)20(10-13)30-14-3-6-18-19(11-14)26-8-7-25-18/h1-11H,(H2,27,28,29). The molecule has 30 heavy (non-hydrogen) atoms. The van der Waals surface area contributed by atoms with Gasteiger partial charge in [-0.15, -0.1) is 0 Å². The van der Waals surface area contributed by atoms with Crippen LogP contribution in [0.25, 0.3) is 11.0 Å². The molecule has 0 saturated carbocycles. The Hall–Kier alpha value is -3.78. The molecule has 0 bridgehead atoms. The van der Waals surface area contributed by atoms with Crippen LogP contribution in [0.3, 0.4) is 0 Å². The van der Waals surface area contributed by atoms with E-state index in [4.69, 9.17) is 16.3 Å². The quantitative estimate of drug-likeness (QED) is 0.419. The molecule has 0 aliphatic heterocycles. The summed E-state index contributed by atoms with van der Waals surface area (Å²) in [7, 11) is 0. The van der Waals surface area contributed by atoms with Crippen LogP contribution in [0.1, 0.15) is 0 Å². The highest BCUT2D eigenvalue weighted by Gasteiger charge is 2.10. The Bertz CT molecular complexity index is 1250. The lowest BCUT2D eigenvalue weighted by Gasteiger charge is -2.11. The molecule has 150 valence electrons. The number of anilines is 2. The normalized spacial score (nSPS) is 10.6. The van der Waals surface area contributed by atoms with Crippen molar-refractivity contribution in [2.75, 3.05) is 10.6 Å². The number of hydrogen-bond donors (Lipinski definition) is 2. The summed E-state index contributed by atoms with van der Waals surface area (Å²) in [5, 5.41) is 4.94. The van der Waals surface area contributed by atoms with Gasteiger partial charge in [-0.1, -0.05) is 11.6 Å². The molecule has 0 aliphatic carbocycles. The summed E-state index contributed by atoms with van der Waals surface area (Å²) in [6.45, 7) is 0. The van der Waals surface area contributed by atoms with Gasteiger partial charge in [-0.3, -0.25) is 9.97 Å². The van der Waals surface area contributed by atoms with Crippen molar-refractivity contribution in [3.63, 3.8) is 0 Å². The Morgan fingerprint density at radius 1 is 0.833 bits per heavy atom. The summed E-state index contributed by atoms with van der Waals surface area (Å²) >= 11 is 5.62. The third-order valence-corrected chi connectivity index (χ3v) is 4.34. The minimum atomic E-state index is -0.660. The molecule has 0 radical (unpaired) electrons. The Labute approximate surface area is 174 Å². The van der Waals surface area contributed by atoms with E-state index in [1.807, 2.05) is 0 Å². The van der Waals surface area contributed by atoms with Crippen molar-refractivity contribution in [3.8, 4) is 11.5 Å². The molecule has 1 aromatic heterocycles. The van der Waals surface area contributed by atoms with Crippen LogP contribution in [0, 0.1) is 11.6 Å². The van der Waals surface area contributed by atoms with E-state index in [9.17, 15) is 13.6 Å². The topological polar surface area (TPSA) is 76.1 Å². The summed E-state index contributed by atoms with van der Waals surface area (Å²) in [6, 6.07) is 12.1. The SMILES string of the molecule is O=C(Nc1ccc(Cl)c(F)c1)Nc1ccc(F)c(Oc2ccc3nccnc3c2)c1.